The van der Waals surface area contributed by atoms with Gasteiger partial charge < -0.3 is 0 Å². The van der Waals surface area contributed by atoms with Gasteiger partial charge in [0.05, 0.1) is 10.8 Å². The molecule has 1 aromatic carbocycles. The Kier molecular flexibility index (Phi) is 7.98. The lowest BCUT2D eigenvalue weighted by Gasteiger charge is -2.30. The van der Waals surface area contributed by atoms with Gasteiger partial charge in [-0.15, -0.1) is 0 Å². The maximum atomic E-state index is 12.9. The zero-order chi connectivity index (χ0) is 19.9. The Balaban J connectivity index is 2.05. The van der Waals surface area contributed by atoms with E-state index in [1.165, 1.54) is 4.31 Å². The summed E-state index contributed by atoms with van der Waals surface area (Å²) in [5, 5.41) is 4.28. The third kappa shape index (κ3) is 5.87. The van der Waals surface area contributed by atoms with Crippen molar-refractivity contribution in [3.63, 3.8) is 0 Å². The summed E-state index contributed by atoms with van der Waals surface area (Å²) in [5.41, 5.74) is 4.67. The van der Waals surface area contributed by atoms with Crippen molar-refractivity contribution in [1.82, 2.24) is 9.73 Å². The molecule has 6 nitrogen and oxygen atoms in total. The van der Waals surface area contributed by atoms with Crippen LogP contribution >= 0.6 is 0 Å². The Bertz CT molecular complexity index is 749. The van der Waals surface area contributed by atoms with Crippen molar-refractivity contribution in [2.24, 2.45) is 11.0 Å². The van der Waals surface area contributed by atoms with Gasteiger partial charge in [-0.3, -0.25) is 4.79 Å². The van der Waals surface area contributed by atoms with Crippen LogP contribution in [-0.4, -0.2) is 37.4 Å². The molecule has 0 unspecified atom stereocenters. The summed E-state index contributed by atoms with van der Waals surface area (Å²) in [6.07, 6.45) is 5.06. The molecular weight excluding hydrogens is 362 g/mol. The molecule has 0 saturated carbocycles. The van der Waals surface area contributed by atoms with Gasteiger partial charge in [-0.25, -0.2) is 13.8 Å². The quantitative estimate of drug-likeness (QED) is 0.542. The number of rotatable bonds is 8. The van der Waals surface area contributed by atoms with E-state index < -0.39 is 10.0 Å². The highest BCUT2D eigenvalue weighted by Crippen LogP contribution is 2.24. The van der Waals surface area contributed by atoms with Gasteiger partial charge in [0.25, 0.3) is 0 Å². The number of aryl methyl sites for hydroxylation is 1. The number of carbonyl (C=O) groups excluding carboxylic acids is 1. The molecule has 0 aliphatic carbocycles. The number of piperidine rings is 1. The molecule has 150 valence electrons. The van der Waals surface area contributed by atoms with Crippen LogP contribution in [0.3, 0.4) is 0 Å². The van der Waals surface area contributed by atoms with Crippen LogP contribution in [0.5, 0.6) is 0 Å². The van der Waals surface area contributed by atoms with Gasteiger partial charge >= 0.3 is 0 Å². The fourth-order valence-electron chi connectivity index (χ4n) is 3.27. The second kappa shape index (κ2) is 9.99. The topological polar surface area (TPSA) is 78.8 Å². The minimum absolute atomic E-state index is 0.191. The fourth-order valence-corrected chi connectivity index (χ4v) is 4.80. The Morgan fingerprint density at radius 2 is 1.81 bits per heavy atom. The number of amides is 1. The van der Waals surface area contributed by atoms with Crippen molar-refractivity contribution < 1.29 is 13.2 Å². The molecular formula is C20H31N3O3S. The molecule has 1 saturated heterocycles. The molecule has 1 N–H and O–H groups in total. The van der Waals surface area contributed by atoms with Gasteiger partial charge in [-0.2, -0.15) is 9.41 Å². The summed E-state index contributed by atoms with van der Waals surface area (Å²) in [4.78, 5) is 12.8. The Morgan fingerprint density at radius 1 is 1.19 bits per heavy atom. The van der Waals surface area contributed by atoms with Gasteiger partial charge in [0.1, 0.15) is 0 Å². The lowest BCUT2D eigenvalue weighted by molar-refractivity contribution is -0.126. The first-order chi connectivity index (χ1) is 12.9. The maximum Gasteiger partial charge on any atom is 0.244 e. The van der Waals surface area contributed by atoms with Crippen LogP contribution in [0.25, 0.3) is 0 Å². The van der Waals surface area contributed by atoms with Crippen LogP contribution < -0.4 is 5.43 Å². The van der Waals surface area contributed by atoms with Gasteiger partial charge in [0.15, 0.2) is 0 Å². The number of carbonyl (C=O) groups is 1. The largest absolute Gasteiger partial charge is 0.273 e. The molecule has 2 rings (SSSR count). The molecule has 1 aromatic rings. The first kappa shape index (κ1) is 21.6. The van der Waals surface area contributed by atoms with Gasteiger partial charge in [0, 0.05) is 18.8 Å². The molecule has 27 heavy (non-hydrogen) atoms. The van der Waals surface area contributed by atoms with E-state index in [1.807, 2.05) is 6.92 Å². The molecule has 0 bridgehead atoms. The standard InChI is InChI=1S/C20H31N3O3S/c1-4-7-18(8-5-2)21-22-20(24)17-9-6-14-23(15-17)27(25,26)19-12-10-16(3)11-13-19/h10-13,17H,4-9,14-15H2,1-3H3,(H,22,24)/t17-/m0/s1. The number of hydrogen-bond donors (Lipinski definition) is 1. The van der Waals surface area contributed by atoms with Crippen LogP contribution in [0.4, 0.5) is 0 Å². The molecule has 1 amide bonds. The number of hydrogen-bond acceptors (Lipinski definition) is 4. The maximum absolute atomic E-state index is 12.9. The number of nitrogens with zero attached hydrogens (tertiary/aromatic N) is 2. The Morgan fingerprint density at radius 3 is 2.41 bits per heavy atom. The predicted octanol–water partition coefficient (Wildman–Crippen LogP) is 3.47. The van der Waals surface area contributed by atoms with Gasteiger partial charge in [-0.05, 0) is 44.7 Å². The molecule has 7 heteroatoms. The number of sulfonamides is 1. The smallest absolute Gasteiger partial charge is 0.244 e. The van der Waals surface area contributed by atoms with Crippen molar-refractivity contribution in [3.05, 3.63) is 29.8 Å². The van der Waals surface area contributed by atoms with E-state index in [0.29, 0.717) is 19.4 Å². The van der Waals surface area contributed by atoms with E-state index in [-0.39, 0.29) is 23.3 Å². The first-order valence-corrected chi connectivity index (χ1v) is 11.2. The average Bonchev–Trinajstić information content (AvgIpc) is 2.66. The molecule has 1 fully saturated rings. The average molecular weight is 394 g/mol. The van der Waals surface area contributed by atoms with Crippen molar-refractivity contribution >= 4 is 21.6 Å². The summed E-state index contributed by atoms with van der Waals surface area (Å²) in [6, 6.07) is 6.83. The highest BCUT2D eigenvalue weighted by molar-refractivity contribution is 7.89. The fraction of sp³-hybridized carbons (Fsp3) is 0.600. The van der Waals surface area contributed by atoms with E-state index in [0.717, 1.165) is 37.0 Å². The summed E-state index contributed by atoms with van der Waals surface area (Å²) in [5.74, 6) is -0.560. The molecule has 0 aromatic heterocycles. The molecule has 0 spiro atoms. The summed E-state index contributed by atoms with van der Waals surface area (Å²) < 4.78 is 27.2. The van der Waals surface area contributed by atoms with Crippen LogP contribution in [0.1, 0.15) is 57.9 Å². The minimum atomic E-state index is -3.58. The highest BCUT2D eigenvalue weighted by atomic mass is 32.2. The van der Waals surface area contributed by atoms with E-state index in [9.17, 15) is 13.2 Å². The SMILES string of the molecule is CCCC(CCC)=NNC(=O)[C@H]1CCCN(S(=O)(=O)c2ccc(C)cc2)C1. The summed E-state index contributed by atoms with van der Waals surface area (Å²) in [7, 11) is -3.58. The van der Waals surface area contributed by atoms with Crippen molar-refractivity contribution in [2.75, 3.05) is 13.1 Å². The van der Waals surface area contributed by atoms with Crippen LogP contribution in [0, 0.1) is 12.8 Å². The van der Waals surface area contributed by atoms with Crippen LogP contribution in [-0.2, 0) is 14.8 Å². The number of hydrazone groups is 1. The zero-order valence-corrected chi connectivity index (χ0v) is 17.4. The molecule has 1 aliphatic rings. The second-order valence-corrected chi connectivity index (χ2v) is 9.11. The first-order valence-electron chi connectivity index (χ1n) is 9.80. The third-order valence-electron chi connectivity index (χ3n) is 4.82. The molecule has 1 atom stereocenters. The predicted molar refractivity (Wildman–Crippen MR) is 108 cm³/mol. The number of benzene rings is 1. The van der Waals surface area contributed by atoms with Crippen molar-refractivity contribution in [2.45, 2.75) is 64.2 Å². The Labute approximate surface area is 163 Å². The highest BCUT2D eigenvalue weighted by Gasteiger charge is 2.33. The second-order valence-electron chi connectivity index (χ2n) is 7.17. The van der Waals surface area contributed by atoms with Gasteiger partial charge in [0.2, 0.25) is 15.9 Å². The minimum Gasteiger partial charge on any atom is -0.273 e. The monoisotopic (exact) mass is 393 g/mol. The molecule has 0 radical (unpaired) electrons. The van der Waals surface area contributed by atoms with E-state index >= 15 is 0 Å². The van der Waals surface area contributed by atoms with Crippen LogP contribution in [0.2, 0.25) is 0 Å². The Hall–Kier alpha value is -1.73. The summed E-state index contributed by atoms with van der Waals surface area (Å²) in [6.45, 7) is 6.74. The zero-order valence-electron chi connectivity index (χ0n) is 16.6. The van der Waals surface area contributed by atoms with E-state index in [2.05, 4.69) is 24.4 Å². The summed E-state index contributed by atoms with van der Waals surface area (Å²) >= 11 is 0. The molecule has 1 aliphatic heterocycles. The van der Waals surface area contributed by atoms with Gasteiger partial charge in [-0.1, -0.05) is 44.4 Å². The normalized spacial score (nSPS) is 18.1. The lowest BCUT2D eigenvalue weighted by Crippen LogP contribution is -2.44. The third-order valence-corrected chi connectivity index (χ3v) is 6.69. The van der Waals surface area contributed by atoms with Crippen molar-refractivity contribution in [3.8, 4) is 0 Å². The lowest BCUT2D eigenvalue weighted by atomic mass is 9.99. The number of nitrogens with one attached hydrogen (secondary N) is 1. The van der Waals surface area contributed by atoms with E-state index in [1.54, 1.807) is 24.3 Å². The van der Waals surface area contributed by atoms with E-state index in [4.69, 9.17) is 0 Å². The molecule has 1 heterocycles. The van der Waals surface area contributed by atoms with Crippen molar-refractivity contribution in [1.29, 1.82) is 0 Å². The van der Waals surface area contributed by atoms with Crippen LogP contribution in [0.15, 0.2) is 34.3 Å².